The molecule has 6 atom stereocenters. The molecular formula is C46H52N4O5S2. The number of ether oxygens (including phenoxy) is 2. The lowest BCUT2D eigenvalue weighted by atomic mass is 9.73. The lowest BCUT2D eigenvalue weighted by Gasteiger charge is -2.36. The highest BCUT2D eigenvalue weighted by molar-refractivity contribution is 8.76. The maximum Gasteiger partial charge on any atom is 0.191 e. The van der Waals surface area contributed by atoms with Crippen molar-refractivity contribution in [1.29, 1.82) is 0 Å². The van der Waals surface area contributed by atoms with E-state index in [2.05, 4.69) is 76.4 Å². The number of carbonyl (C=O) groups excluding carboxylic acids is 1. The molecule has 11 heteroatoms. The summed E-state index contributed by atoms with van der Waals surface area (Å²) in [5.41, 5.74) is 14.6. The number of aliphatic hydroxyl groups excluding tert-OH is 2. The van der Waals surface area contributed by atoms with Gasteiger partial charge >= 0.3 is 0 Å². The van der Waals surface area contributed by atoms with E-state index in [0.29, 0.717) is 42.9 Å². The maximum absolute atomic E-state index is 13.3. The van der Waals surface area contributed by atoms with Crippen molar-refractivity contribution in [3.63, 3.8) is 0 Å². The number of H-pyrrole nitrogens is 1. The lowest BCUT2D eigenvalue weighted by molar-refractivity contribution is -0.121. The fraction of sp³-hybridized carbons (Fsp3) is 0.500. The molecule has 9 nitrogen and oxygen atoms in total. The average molecular weight is 805 g/mol. The largest absolute Gasteiger partial charge is 0.465 e. The van der Waals surface area contributed by atoms with Gasteiger partial charge in [0.2, 0.25) is 0 Å². The number of hydrogen-bond donors (Lipinski definition) is 5. The van der Waals surface area contributed by atoms with Gasteiger partial charge in [-0.15, -0.1) is 0 Å². The number of aliphatic hydroxyl groups is 2. The third-order valence-corrected chi connectivity index (χ3v) is 15.3. The second-order valence-corrected chi connectivity index (χ2v) is 19.1. The summed E-state index contributed by atoms with van der Waals surface area (Å²) in [5, 5.41) is 27.4. The number of carbonyl (C=O) groups is 1. The third kappa shape index (κ3) is 7.52. The maximum atomic E-state index is 13.3. The van der Waals surface area contributed by atoms with Gasteiger partial charge in [-0.2, -0.15) is 0 Å². The lowest BCUT2D eigenvalue weighted by Crippen LogP contribution is -2.39. The van der Waals surface area contributed by atoms with E-state index in [1.165, 1.54) is 5.56 Å². The van der Waals surface area contributed by atoms with Gasteiger partial charge in [0.1, 0.15) is 18.0 Å². The number of benzene rings is 2. The van der Waals surface area contributed by atoms with Gasteiger partial charge < -0.3 is 35.0 Å². The Hall–Kier alpha value is -3.81. The van der Waals surface area contributed by atoms with Crippen LogP contribution in [0.1, 0.15) is 134 Å². The van der Waals surface area contributed by atoms with E-state index in [1.807, 2.05) is 22.9 Å². The zero-order valence-corrected chi connectivity index (χ0v) is 34.2. The first-order valence-corrected chi connectivity index (χ1v) is 23.3. The Morgan fingerprint density at radius 3 is 2.82 bits per heavy atom. The standard InChI is InChI=1S/C46H52N4O5S2/c1-2-3-4-7-31(51)21-32(52)10-8-28-9-15-41-43-37(28)27-57-56-26-30-23-49-44(47)34-12-11-33-35(42(30)34)20-29-22-48-39-25-50(24-36(29)39)45(55-43)38(13-14-40(33)53)46(18-19-54-41)16-5-6-17-46/h9,11-12,15,22,24-25,30-31,38,40,44-45,48-49,51,53H,2-8,10,16-17,20-21,23,26-27,47H2,1H3. The number of ketones is 1. The number of aromatic nitrogens is 2. The number of unbranched alkanes of at least 4 members (excludes halogenated alkanes) is 2. The number of hydrogen-bond acceptors (Lipinski definition) is 9. The zero-order chi connectivity index (χ0) is 39.1. The molecule has 5 aliphatic heterocycles. The molecule has 57 heavy (non-hydrogen) atoms. The average Bonchev–Trinajstić information content (AvgIpc) is 3.95. The molecule has 2 aromatic carbocycles. The highest BCUT2D eigenvalue weighted by atomic mass is 33.1. The van der Waals surface area contributed by atoms with Crippen LogP contribution in [0.4, 0.5) is 0 Å². The molecule has 10 rings (SSSR count). The van der Waals surface area contributed by atoms with Gasteiger partial charge in [-0.3, -0.25) is 10.1 Å². The molecule has 1 aliphatic carbocycles. The minimum Gasteiger partial charge on any atom is -0.465 e. The fourth-order valence-electron chi connectivity index (χ4n) is 9.80. The first-order chi connectivity index (χ1) is 27.8. The van der Waals surface area contributed by atoms with Crippen molar-refractivity contribution in [3.05, 3.63) is 81.8 Å². The quantitative estimate of drug-likeness (QED) is 0.0647. The molecule has 0 amide bonds. The summed E-state index contributed by atoms with van der Waals surface area (Å²) < 4.78 is 15.9. The summed E-state index contributed by atoms with van der Waals surface area (Å²) in [6, 6.07) is 8.10. The molecule has 1 spiro atoms. The minimum atomic E-state index is -1.02. The number of nitrogens with one attached hydrogen (secondary N) is 2. The van der Waals surface area contributed by atoms with Crippen molar-refractivity contribution in [1.82, 2.24) is 14.9 Å². The van der Waals surface area contributed by atoms with Gasteiger partial charge in [-0.1, -0.05) is 96.6 Å². The fourth-order valence-corrected chi connectivity index (χ4v) is 12.3. The predicted octanol–water partition coefficient (Wildman–Crippen LogP) is 8.09. The van der Waals surface area contributed by atoms with E-state index in [4.69, 9.17) is 15.2 Å². The van der Waals surface area contributed by atoms with Gasteiger partial charge in [-0.05, 0) is 65.1 Å². The third-order valence-electron chi connectivity index (χ3n) is 12.9. The number of aromatic amines is 1. The Morgan fingerprint density at radius 1 is 1.11 bits per heavy atom. The highest BCUT2D eigenvalue weighted by Crippen LogP contribution is 2.52. The highest BCUT2D eigenvalue weighted by Gasteiger charge is 2.47. The van der Waals surface area contributed by atoms with Crippen LogP contribution in [0.25, 0.3) is 10.9 Å². The van der Waals surface area contributed by atoms with Crippen LogP contribution in [0.2, 0.25) is 0 Å². The number of aryl methyl sites for hydroxylation is 1. The van der Waals surface area contributed by atoms with Crippen molar-refractivity contribution in [2.45, 2.75) is 120 Å². The SMILES string of the molecule is CCCCCC(O)CC(=O)CCc1ccc2c3c1CSSCC1CNC(N)c4ccc5c(c41)Cc1c[nH]c4cn(cc14)C(O3)C(C#CC5O)C1(C#CO2)CCCC1. The van der Waals surface area contributed by atoms with Crippen molar-refractivity contribution in [3.8, 4) is 35.4 Å². The molecule has 4 aromatic rings. The van der Waals surface area contributed by atoms with Crippen LogP contribution in [0.3, 0.4) is 0 Å². The molecule has 0 saturated heterocycles. The molecular weight excluding hydrogens is 753 g/mol. The topological polar surface area (TPSA) is 135 Å². The van der Waals surface area contributed by atoms with Crippen molar-refractivity contribution in [2.75, 3.05) is 12.3 Å². The molecule has 1 saturated carbocycles. The summed E-state index contributed by atoms with van der Waals surface area (Å²) in [4.78, 5) is 16.8. The first-order valence-electron chi connectivity index (χ1n) is 20.8. The predicted molar refractivity (Wildman–Crippen MR) is 227 cm³/mol. The Labute approximate surface area is 343 Å². The molecule has 6 aliphatic rings. The first kappa shape index (κ1) is 38.7. The Morgan fingerprint density at radius 2 is 1.96 bits per heavy atom. The number of Topliss-reactive ketones (excluding diaryl/α,β-unsaturated/α-hetero) is 1. The Bertz CT molecular complexity index is 2290. The number of nitrogens with zero attached hydrogens (tertiary/aromatic N) is 1. The van der Waals surface area contributed by atoms with Gasteiger partial charge in [-0.25, -0.2) is 0 Å². The van der Waals surface area contributed by atoms with Crippen molar-refractivity contribution < 1.29 is 24.5 Å². The second kappa shape index (κ2) is 16.4. The van der Waals surface area contributed by atoms with E-state index in [1.54, 1.807) is 10.8 Å². The summed E-state index contributed by atoms with van der Waals surface area (Å²) in [6.45, 7) is 2.86. The second-order valence-electron chi connectivity index (χ2n) is 16.6. The summed E-state index contributed by atoms with van der Waals surface area (Å²) >= 11 is 0. The van der Waals surface area contributed by atoms with Crippen LogP contribution in [-0.2, 0) is 23.4 Å². The van der Waals surface area contributed by atoms with Crippen LogP contribution in [0, 0.1) is 35.2 Å². The van der Waals surface area contributed by atoms with Crippen LogP contribution < -0.4 is 20.5 Å². The van der Waals surface area contributed by atoms with Gasteiger partial charge in [0.25, 0.3) is 0 Å². The van der Waals surface area contributed by atoms with E-state index < -0.39 is 29.8 Å². The van der Waals surface area contributed by atoms with E-state index in [9.17, 15) is 15.0 Å². The molecule has 6 unspecified atom stereocenters. The summed E-state index contributed by atoms with van der Waals surface area (Å²) in [5.74, 6) is 13.0. The van der Waals surface area contributed by atoms with Crippen LogP contribution in [0.5, 0.6) is 11.5 Å². The van der Waals surface area contributed by atoms with Crippen molar-refractivity contribution in [2.24, 2.45) is 17.1 Å². The number of rotatable bonds is 9. The van der Waals surface area contributed by atoms with Crippen LogP contribution >= 0.6 is 21.6 Å². The van der Waals surface area contributed by atoms with E-state index in [0.717, 1.165) is 102 Å². The smallest absolute Gasteiger partial charge is 0.191 e. The number of fused-ring (bicyclic) bond motifs is 4. The van der Waals surface area contributed by atoms with E-state index in [-0.39, 0.29) is 24.3 Å². The summed E-state index contributed by atoms with van der Waals surface area (Å²) in [6.07, 6.45) is 16.1. The van der Waals surface area contributed by atoms with Crippen LogP contribution in [0.15, 0.2) is 42.9 Å². The molecule has 2 aromatic heterocycles. The number of nitrogens with two attached hydrogens (primary N) is 1. The van der Waals surface area contributed by atoms with Gasteiger partial charge in [0, 0.05) is 72.8 Å². The molecule has 298 valence electrons. The molecule has 1 fully saturated rings. The monoisotopic (exact) mass is 804 g/mol. The molecule has 7 heterocycles. The zero-order valence-electron chi connectivity index (χ0n) is 32.6. The van der Waals surface area contributed by atoms with E-state index >= 15 is 0 Å². The molecule has 0 radical (unpaired) electrons. The molecule has 6 N–H and O–H groups in total. The Kier molecular flexibility index (Phi) is 11.2. The van der Waals surface area contributed by atoms with Crippen molar-refractivity contribution >= 4 is 38.3 Å². The minimum absolute atomic E-state index is 0.0625. The van der Waals surface area contributed by atoms with Gasteiger partial charge in [0.15, 0.2) is 17.7 Å². The molecule has 8 bridgehead atoms. The van der Waals surface area contributed by atoms with Gasteiger partial charge in [0.05, 0.1) is 29.1 Å². The Balaban J connectivity index is 1.21. The normalized spacial score (nSPS) is 24.8. The summed E-state index contributed by atoms with van der Waals surface area (Å²) in [7, 11) is 3.59. The van der Waals surface area contributed by atoms with Crippen LogP contribution in [-0.4, -0.2) is 43.9 Å².